The van der Waals surface area contributed by atoms with Crippen molar-refractivity contribution < 1.29 is 53.8 Å². The standard InChI is InChI=1S/C14H16O5.Na/c1-2-3-4-9-12(15)19-14(18)11-8-6-5-7-10(11)13(16)17;/h5-8H,2-4,9H2,1H3,(H,16,17);/q;+1/p-1. The summed E-state index contributed by atoms with van der Waals surface area (Å²) in [6, 6.07) is 5.47. The Morgan fingerprint density at radius 3 is 2.25 bits per heavy atom. The van der Waals surface area contributed by atoms with E-state index in [0.29, 0.717) is 6.42 Å². The van der Waals surface area contributed by atoms with Gasteiger partial charge in [-0.15, -0.1) is 0 Å². The van der Waals surface area contributed by atoms with E-state index in [1.165, 1.54) is 24.3 Å². The zero-order valence-electron chi connectivity index (χ0n) is 11.7. The van der Waals surface area contributed by atoms with E-state index in [9.17, 15) is 19.5 Å². The van der Waals surface area contributed by atoms with Gasteiger partial charge in [-0.3, -0.25) is 4.79 Å². The number of carbonyl (C=O) groups is 3. The van der Waals surface area contributed by atoms with Crippen LogP contribution in [0.25, 0.3) is 0 Å². The second-order valence-corrected chi connectivity index (χ2v) is 4.05. The Labute approximate surface area is 139 Å². The van der Waals surface area contributed by atoms with Gasteiger partial charge >= 0.3 is 41.5 Å². The molecule has 0 N–H and O–H groups in total. The number of carboxylic acid groups (broad SMARTS) is 1. The number of benzene rings is 1. The first-order valence-electron chi connectivity index (χ1n) is 6.11. The average Bonchev–Trinajstić information content (AvgIpc) is 2.39. The van der Waals surface area contributed by atoms with Gasteiger partial charge in [0.1, 0.15) is 0 Å². The molecule has 0 aliphatic carbocycles. The smallest absolute Gasteiger partial charge is 0.545 e. The summed E-state index contributed by atoms with van der Waals surface area (Å²) in [6.07, 6.45) is 2.62. The first-order valence-corrected chi connectivity index (χ1v) is 6.11. The van der Waals surface area contributed by atoms with Gasteiger partial charge in [0.25, 0.3) is 0 Å². The van der Waals surface area contributed by atoms with Crippen molar-refractivity contribution in [2.45, 2.75) is 32.6 Å². The zero-order valence-corrected chi connectivity index (χ0v) is 13.7. The molecule has 0 unspecified atom stereocenters. The first-order chi connectivity index (χ1) is 9.06. The Balaban J connectivity index is 0.00000361. The SMILES string of the molecule is CCCCCC(=O)OC(=O)c1ccccc1C(=O)[O-].[Na+]. The van der Waals surface area contributed by atoms with Crippen LogP contribution in [0.3, 0.4) is 0 Å². The van der Waals surface area contributed by atoms with Gasteiger partial charge in [-0.1, -0.05) is 38.0 Å². The Morgan fingerprint density at radius 1 is 1.10 bits per heavy atom. The largest absolute Gasteiger partial charge is 1.00 e. The minimum atomic E-state index is -1.48. The van der Waals surface area contributed by atoms with Gasteiger partial charge in [-0.2, -0.15) is 0 Å². The van der Waals surface area contributed by atoms with Gasteiger partial charge in [0.15, 0.2) is 0 Å². The molecule has 20 heavy (non-hydrogen) atoms. The van der Waals surface area contributed by atoms with Gasteiger partial charge < -0.3 is 14.6 Å². The fourth-order valence-electron chi connectivity index (χ4n) is 1.57. The van der Waals surface area contributed by atoms with E-state index in [1.54, 1.807) is 0 Å². The maximum Gasteiger partial charge on any atom is 1.00 e. The van der Waals surface area contributed by atoms with E-state index < -0.39 is 17.9 Å². The fourth-order valence-corrected chi connectivity index (χ4v) is 1.57. The molecule has 0 aliphatic rings. The van der Waals surface area contributed by atoms with Gasteiger partial charge in [0.05, 0.1) is 11.5 Å². The molecule has 0 saturated carbocycles. The second kappa shape index (κ2) is 9.69. The minimum Gasteiger partial charge on any atom is -0.545 e. The summed E-state index contributed by atoms with van der Waals surface area (Å²) in [6.45, 7) is 1.99. The Bertz CT molecular complexity index is 484. The normalized spacial score (nSPS) is 9.45. The van der Waals surface area contributed by atoms with Gasteiger partial charge in [-0.05, 0) is 12.5 Å². The predicted octanol–water partition coefficient (Wildman–Crippen LogP) is -1.68. The van der Waals surface area contributed by atoms with Crippen LogP contribution in [0.15, 0.2) is 24.3 Å². The molecule has 102 valence electrons. The van der Waals surface area contributed by atoms with E-state index in [-0.39, 0.29) is 47.1 Å². The molecule has 0 heterocycles. The van der Waals surface area contributed by atoms with E-state index in [1.807, 2.05) is 6.92 Å². The van der Waals surface area contributed by atoms with Crippen molar-refractivity contribution >= 4 is 17.9 Å². The zero-order chi connectivity index (χ0) is 14.3. The summed E-state index contributed by atoms with van der Waals surface area (Å²) in [7, 11) is 0. The van der Waals surface area contributed by atoms with Crippen LogP contribution in [0, 0.1) is 0 Å². The topological polar surface area (TPSA) is 83.5 Å². The van der Waals surface area contributed by atoms with Crippen LogP contribution in [0.2, 0.25) is 0 Å². The van der Waals surface area contributed by atoms with Crippen molar-refractivity contribution in [2.75, 3.05) is 0 Å². The Kier molecular flexibility index (Phi) is 9.12. The maximum absolute atomic E-state index is 11.7. The molecule has 5 nitrogen and oxygen atoms in total. The van der Waals surface area contributed by atoms with Crippen LogP contribution < -0.4 is 34.7 Å². The number of ether oxygens (including phenoxy) is 1. The van der Waals surface area contributed by atoms with Crippen molar-refractivity contribution in [3.8, 4) is 0 Å². The number of aromatic carboxylic acids is 1. The molecule has 0 radical (unpaired) electrons. The summed E-state index contributed by atoms with van der Waals surface area (Å²) in [4.78, 5) is 33.9. The summed E-state index contributed by atoms with van der Waals surface area (Å²) in [5.74, 6) is -3.08. The van der Waals surface area contributed by atoms with Crippen molar-refractivity contribution in [1.82, 2.24) is 0 Å². The first kappa shape index (κ1) is 18.8. The van der Waals surface area contributed by atoms with Gasteiger partial charge in [0.2, 0.25) is 0 Å². The second-order valence-electron chi connectivity index (χ2n) is 4.05. The third-order valence-corrected chi connectivity index (χ3v) is 2.56. The molecule has 6 heteroatoms. The maximum atomic E-state index is 11.7. The van der Waals surface area contributed by atoms with Crippen LogP contribution >= 0.6 is 0 Å². The third kappa shape index (κ3) is 5.86. The molecule has 0 aliphatic heterocycles. The number of hydrogen-bond acceptors (Lipinski definition) is 5. The van der Waals surface area contributed by atoms with Crippen molar-refractivity contribution in [2.24, 2.45) is 0 Å². The van der Waals surface area contributed by atoms with E-state index in [2.05, 4.69) is 4.74 Å². The van der Waals surface area contributed by atoms with Crippen LogP contribution in [-0.2, 0) is 9.53 Å². The number of carbonyl (C=O) groups excluding carboxylic acids is 3. The number of carboxylic acids is 1. The Hall–Kier alpha value is -1.17. The van der Waals surface area contributed by atoms with Crippen molar-refractivity contribution in [1.29, 1.82) is 0 Å². The molecule has 0 atom stereocenters. The number of esters is 2. The molecular weight excluding hydrogens is 271 g/mol. The van der Waals surface area contributed by atoms with Crippen molar-refractivity contribution in [3.63, 3.8) is 0 Å². The number of rotatable bonds is 6. The fraction of sp³-hybridized carbons (Fsp3) is 0.357. The molecule has 0 amide bonds. The number of hydrogen-bond donors (Lipinski definition) is 0. The van der Waals surface area contributed by atoms with E-state index >= 15 is 0 Å². The summed E-state index contributed by atoms with van der Waals surface area (Å²) in [5, 5.41) is 10.8. The van der Waals surface area contributed by atoms with Crippen LogP contribution in [0.5, 0.6) is 0 Å². The quantitative estimate of drug-likeness (QED) is 0.270. The molecule has 0 bridgehead atoms. The van der Waals surface area contributed by atoms with Crippen LogP contribution in [0.4, 0.5) is 0 Å². The predicted molar refractivity (Wildman–Crippen MR) is 65.3 cm³/mol. The molecule has 0 spiro atoms. The monoisotopic (exact) mass is 286 g/mol. The molecule has 0 aromatic heterocycles. The third-order valence-electron chi connectivity index (χ3n) is 2.56. The molecule has 0 saturated heterocycles. The van der Waals surface area contributed by atoms with E-state index in [0.717, 1.165) is 12.8 Å². The summed E-state index contributed by atoms with van der Waals surface area (Å²) in [5.41, 5.74) is -0.458. The van der Waals surface area contributed by atoms with Gasteiger partial charge in [0, 0.05) is 12.0 Å². The van der Waals surface area contributed by atoms with Crippen LogP contribution in [-0.4, -0.2) is 17.9 Å². The van der Waals surface area contributed by atoms with E-state index in [4.69, 9.17) is 0 Å². The average molecular weight is 286 g/mol. The molecule has 1 aromatic rings. The summed E-state index contributed by atoms with van der Waals surface area (Å²) < 4.78 is 4.60. The summed E-state index contributed by atoms with van der Waals surface area (Å²) >= 11 is 0. The molecule has 1 aromatic carbocycles. The molecule has 0 fully saturated rings. The van der Waals surface area contributed by atoms with Crippen molar-refractivity contribution in [3.05, 3.63) is 35.4 Å². The number of unbranched alkanes of at least 4 members (excludes halogenated alkanes) is 2. The molecule has 1 rings (SSSR count). The Morgan fingerprint density at radius 2 is 1.70 bits per heavy atom. The van der Waals surface area contributed by atoms with Crippen LogP contribution in [0.1, 0.15) is 53.3 Å². The molecular formula is C14H15NaO5. The minimum absolute atomic E-state index is 0. The van der Waals surface area contributed by atoms with Gasteiger partial charge in [-0.25, -0.2) is 4.79 Å².